The molecule has 0 radical (unpaired) electrons. The third-order valence-electron chi connectivity index (χ3n) is 3.84. The Morgan fingerprint density at radius 3 is 2.62 bits per heavy atom. The SMILES string of the molecule is Cc1ccccc1Cn1ccc(NC(=O)c2c(Br)c(C)nn2C)n1. The van der Waals surface area contributed by atoms with Gasteiger partial charge in [0.15, 0.2) is 5.82 Å². The maximum absolute atomic E-state index is 12.4. The van der Waals surface area contributed by atoms with Gasteiger partial charge in [0, 0.05) is 19.3 Å². The fourth-order valence-corrected chi connectivity index (χ4v) is 3.05. The highest BCUT2D eigenvalue weighted by Gasteiger charge is 2.19. The molecule has 3 aromatic rings. The molecule has 6 nitrogen and oxygen atoms in total. The number of benzene rings is 1. The third kappa shape index (κ3) is 3.26. The van der Waals surface area contributed by atoms with E-state index < -0.39 is 0 Å². The summed E-state index contributed by atoms with van der Waals surface area (Å²) in [5.41, 5.74) is 3.66. The lowest BCUT2D eigenvalue weighted by Gasteiger charge is -2.06. The summed E-state index contributed by atoms with van der Waals surface area (Å²) < 4.78 is 4.06. The summed E-state index contributed by atoms with van der Waals surface area (Å²) in [6.07, 6.45) is 1.85. The summed E-state index contributed by atoms with van der Waals surface area (Å²) in [5, 5.41) is 11.5. The monoisotopic (exact) mass is 387 g/mol. The molecule has 0 spiro atoms. The summed E-state index contributed by atoms with van der Waals surface area (Å²) >= 11 is 3.40. The Morgan fingerprint density at radius 2 is 1.96 bits per heavy atom. The van der Waals surface area contributed by atoms with Gasteiger partial charge in [0.25, 0.3) is 5.91 Å². The van der Waals surface area contributed by atoms with Crippen LogP contribution in [0.5, 0.6) is 0 Å². The molecule has 24 heavy (non-hydrogen) atoms. The van der Waals surface area contributed by atoms with Gasteiger partial charge in [-0.2, -0.15) is 10.2 Å². The normalized spacial score (nSPS) is 10.8. The standard InChI is InChI=1S/C17H18BrN5O/c1-11-6-4-5-7-13(11)10-23-9-8-14(21-23)19-17(24)16-15(18)12(2)20-22(16)3/h4-9H,10H2,1-3H3,(H,19,21,24). The minimum Gasteiger partial charge on any atom is -0.304 e. The van der Waals surface area contributed by atoms with Gasteiger partial charge in [-0.1, -0.05) is 24.3 Å². The van der Waals surface area contributed by atoms with E-state index in [0.717, 1.165) is 5.69 Å². The molecular formula is C17H18BrN5O. The van der Waals surface area contributed by atoms with E-state index in [2.05, 4.69) is 50.5 Å². The molecular weight excluding hydrogens is 370 g/mol. The summed E-state index contributed by atoms with van der Waals surface area (Å²) in [4.78, 5) is 12.4. The number of hydrogen-bond donors (Lipinski definition) is 1. The lowest BCUT2D eigenvalue weighted by Crippen LogP contribution is -2.17. The maximum Gasteiger partial charge on any atom is 0.276 e. The molecule has 124 valence electrons. The predicted molar refractivity (Wildman–Crippen MR) is 96.1 cm³/mol. The minimum absolute atomic E-state index is 0.244. The highest BCUT2D eigenvalue weighted by Crippen LogP contribution is 2.21. The number of hydrogen-bond acceptors (Lipinski definition) is 3. The first-order valence-corrected chi connectivity index (χ1v) is 8.33. The highest BCUT2D eigenvalue weighted by atomic mass is 79.9. The van der Waals surface area contributed by atoms with Crippen LogP contribution in [0.15, 0.2) is 41.0 Å². The largest absolute Gasteiger partial charge is 0.304 e. The summed E-state index contributed by atoms with van der Waals surface area (Å²) in [6, 6.07) is 9.96. The van der Waals surface area contributed by atoms with E-state index in [-0.39, 0.29) is 5.91 Å². The molecule has 0 unspecified atom stereocenters. The average Bonchev–Trinajstić information content (AvgIpc) is 3.06. The smallest absolute Gasteiger partial charge is 0.276 e. The van der Waals surface area contributed by atoms with Crippen LogP contribution in [0.4, 0.5) is 5.82 Å². The molecule has 0 fully saturated rings. The van der Waals surface area contributed by atoms with Crippen LogP contribution in [-0.4, -0.2) is 25.5 Å². The molecule has 0 aliphatic rings. The lowest BCUT2D eigenvalue weighted by molar-refractivity contribution is 0.101. The van der Waals surface area contributed by atoms with Crippen molar-refractivity contribution < 1.29 is 4.79 Å². The third-order valence-corrected chi connectivity index (χ3v) is 4.79. The summed E-state index contributed by atoms with van der Waals surface area (Å²) in [5.74, 6) is 0.269. The van der Waals surface area contributed by atoms with E-state index in [1.165, 1.54) is 11.1 Å². The van der Waals surface area contributed by atoms with Gasteiger partial charge in [0.05, 0.1) is 16.7 Å². The van der Waals surface area contributed by atoms with E-state index in [4.69, 9.17) is 0 Å². The Bertz CT molecular complexity index is 896. The molecule has 0 saturated carbocycles. The van der Waals surface area contributed by atoms with Crippen LogP contribution in [0.2, 0.25) is 0 Å². The van der Waals surface area contributed by atoms with Gasteiger partial charge in [-0.3, -0.25) is 14.2 Å². The zero-order valence-corrected chi connectivity index (χ0v) is 15.3. The van der Waals surface area contributed by atoms with E-state index in [1.807, 2.05) is 29.9 Å². The second-order valence-corrected chi connectivity index (χ2v) is 6.44. The summed E-state index contributed by atoms with van der Waals surface area (Å²) in [6.45, 7) is 4.58. The number of carbonyl (C=O) groups excluding carboxylic acids is 1. The van der Waals surface area contributed by atoms with Gasteiger partial charge in [-0.05, 0) is 40.9 Å². The predicted octanol–water partition coefficient (Wildman–Crippen LogP) is 3.30. The molecule has 2 heterocycles. The number of aromatic nitrogens is 4. The Morgan fingerprint density at radius 1 is 1.21 bits per heavy atom. The lowest BCUT2D eigenvalue weighted by atomic mass is 10.1. The number of rotatable bonds is 4. The van der Waals surface area contributed by atoms with Crippen LogP contribution in [-0.2, 0) is 13.6 Å². The van der Waals surface area contributed by atoms with Crippen LogP contribution >= 0.6 is 15.9 Å². The van der Waals surface area contributed by atoms with Crippen LogP contribution in [0.25, 0.3) is 0 Å². The number of carbonyl (C=O) groups is 1. The fraction of sp³-hybridized carbons (Fsp3) is 0.235. The molecule has 1 aromatic carbocycles. The average molecular weight is 388 g/mol. The Hall–Kier alpha value is -2.41. The molecule has 3 rings (SSSR count). The number of aryl methyl sites for hydroxylation is 3. The fourth-order valence-electron chi connectivity index (χ4n) is 2.53. The maximum atomic E-state index is 12.4. The molecule has 1 amide bonds. The number of nitrogens with one attached hydrogen (secondary N) is 1. The molecule has 0 aliphatic carbocycles. The van der Waals surface area contributed by atoms with Gasteiger partial charge in [-0.25, -0.2) is 0 Å². The molecule has 0 bridgehead atoms. The number of halogens is 1. The van der Waals surface area contributed by atoms with Crippen molar-refractivity contribution in [1.29, 1.82) is 0 Å². The second-order valence-electron chi connectivity index (χ2n) is 5.65. The van der Waals surface area contributed by atoms with Crippen molar-refractivity contribution in [2.45, 2.75) is 20.4 Å². The first-order chi connectivity index (χ1) is 11.5. The van der Waals surface area contributed by atoms with Crippen molar-refractivity contribution in [2.24, 2.45) is 7.05 Å². The Labute approximate surface area is 148 Å². The van der Waals surface area contributed by atoms with Crippen molar-refractivity contribution in [1.82, 2.24) is 19.6 Å². The highest BCUT2D eigenvalue weighted by molar-refractivity contribution is 9.10. The quantitative estimate of drug-likeness (QED) is 0.746. The molecule has 7 heteroatoms. The Kier molecular flexibility index (Phi) is 4.53. The topological polar surface area (TPSA) is 64.7 Å². The zero-order valence-electron chi connectivity index (χ0n) is 13.7. The first-order valence-electron chi connectivity index (χ1n) is 7.54. The summed E-state index contributed by atoms with van der Waals surface area (Å²) in [7, 11) is 1.74. The van der Waals surface area contributed by atoms with Crippen molar-refractivity contribution in [3.05, 3.63) is 63.5 Å². The molecule has 1 N–H and O–H groups in total. The van der Waals surface area contributed by atoms with Gasteiger partial charge < -0.3 is 5.32 Å². The van der Waals surface area contributed by atoms with E-state index in [9.17, 15) is 4.79 Å². The van der Waals surface area contributed by atoms with E-state index in [0.29, 0.717) is 22.5 Å². The zero-order chi connectivity index (χ0) is 17.3. The first kappa shape index (κ1) is 16.4. The molecule has 2 aromatic heterocycles. The number of anilines is 1. The Balaban J connectivity index is 1.74. The number of amides is 1. The van der Waals surface area contributed by atoms with Crippen molar-refractivity contribution in [3.63, 3.8) is 0 Å². The second kappa shape index (κ2) is 6.60. The van der Waals surface area contributed by atoms with Crippen LogP contribution in [0, 0.1) is 13.8 Å². The van der Waals surface area contributed by atoms with Gasteiger partial charge in [0.2, 0.25) is 0 Å². The van der Waals surface area contributed by atoms with Crippen LogP contribution in [0.3, 0.4) is 0 Å². The van der Waals surface area contributed by atoms with Gasteiger partial charge in [-0.15, -0.1) is 0 Å². The molecule has 0 saturated heterocycles. The molecule has 0 atom stereocenters. The molecule has 0 aliphatic heterocycles. The van der Waals surface area contributed by atoms with Crippen LogP contribution < -0.4 is 5.32 Å². The van der Waals surface area contributed by atoms with E-state index >= 15 is 0 Å². The minimum atomic E-state index is -0.244. The van der Waals surface area contributed by atoms with E-state index in [1.54, 1.807) is 17.8 Å². The van der Waals surface area contributed by atoms with Crippen molar-refractivity contribution in [2.75, 3.05) is 5.32 Å². The van der Waals surface area contributed by atoms with Gasteiger partial charge in [0.1, 0.15) is 5.69 Å². The van der Waals surface area contributed by atoms with Crippen molar-refractivity contribution >= 4 is 27.7 Å². The van der Waals surface area contributed by atoms with Crippen molar-refractivity contribution in [3.8, 4) is 0 Å². The number of nitrogens with zero attached hydrogens (tertiary/aromatic N) is 4. The van der Waals surface area contributed by atoms with Crippen LogP contribution in [0.1, 0.15) is 27.3 Å². The van der Waals surface area contributed by atoms with Gasteiger partial charge >= 0.3 is 0 Å².